The van der Waals surface area contributed by atoms with Crippen molar-refractivity contribution in [3.63, 3.8) is 0 Å². The van der Waals surface area contributed by atoms with Crippen LogP contribution >= 0.6 is 11.3 Å². The van der Waals surface area contributed by atoms with Gasteiger partial charge < -0.3 is 14.4 Å². The molecular formula is C12H18N4O4S. The fourth-order valence-electron chi connectivity index (χ4n) is 1.99. The lowest BCUT2D eigenvalue weighted by Gasteiger charge is -2.38. The first-order valence-corrected chi connectivity index (χ1v) is 7.57. The lowest BCUT2D eigenvalue weighted by molar-refractivity contribution is -0.149. The summed E-state index contributed by atoms with van der Waals surface area (Å²) in [5.41, 5.74) is 0. The Kier molecular flexibility index (Phi) is 4.94. The average Bonchev–Trinajstić information content (AvgIpc) is 2.96. The van der Waals surface area contributed by atoms with E-state index in [1.165, 1.54) is 12.0 Å². The molecular weight excluding hydrogens is 296 g/mol. The minimum absolute atomic E-state index is 0.239. The Bertz CT molecular complexity index is 521. The van der Waals surface area contributed by atoms with Crippen molar-refractivity contribution in [1.29, 1.82) is 0 Å². The Balaban J connectivity index is 2.26. The summed E-state index contributed by atoms with van der Waals surface area (Å²) in [4.78, 5) is 27.1. The second-order valence-electron chi connectivity index (χ2n) is 4.37. The van der Waals surface area contributed by atoms with Crippen LogP contribution in [0, 0.1) is 0 Å². The van der Waals surface area contributed by atoms with Gasteiger partial charge in [-0.15, -0.1) is 5.10 Å². The molecule has 1 atom stereocenters. The topological polar surface area (TPSA) is 84.9 Å². The average molecular weight is 314 g/mol. The number of hydrogen-bond donors (Lipinski definition) is 0. The fourth-order valence-corrected chi connectivity index (χ4v) is 2.69. The van der Waals surface area contributed by atoms with E-state index in [2.05, 4.69) is 10.2 Å². The van der Waals surface area contributed by atoms with Gasteiger partial charge in [-0.3, -0.25) is 4.79 Å². The maximum atomic E-state index is 12.5. The normalized spacial score (nSPS) is 18.8. The lowest BCUT2D eigenvalue weighted by atomic mass is 10.2. The third-order valence-corrected chi connectivity index (χ3v) is 4.01. The van der Waals surface area contributed by atoms with E-state index >= 15 is 0 Å². The van der Waals surface area contributed by atoms with Crippen molar-refractivity contribution < 1.29 is 19.1 Å². The predicted molar refractivity (Wildman–Crippen MR) is 76.4 cm³/mol. The van der Waals surface area contributed by atoms with Crippen LogP contribution in [0.15, 0.2) is 0 Å². The molecule has 1 aliphatic rings. The second-order valence-corrected chi connectivity index (χ2v) is 5.29. The molecule has 1 saturated heterocycles. The summed E-state index contributed by atoms with van der Waals surface area (Å²) < 4.78 is 10.3. The zero-order chi connectivity index (χ0) is 15.4. The SMILES string of the molecule is CCC(=O)OC1CCN(CC)C(=O)N1c1nnc(OC)s1. The van der Waals surface area contributed by atoms with Crippen LogP contribution in [0.4, 0.5) is 9.93 Å². The molecule has 21 heavy (non-hydrogen) atoms. The number of carbonyl (C=O) groups excluding carboxylic acids is 2. The first kappa shape index (κ1) is 15.5. The predicted octanol–water partition coefficient (Wildman–Crippen LogP) is 1.48. The molecule has 2 rings (SSSR count). The highest BCUT2D eigenvalue weighted by molar-refractivity contribution is 7.17. The van der Waals surface area contributed by atoms with Crippen molar-refractivity contribution in [3.8, 4) is 5.19 Å². The summed E-state index contributed by atoms with van der Waals surface area (Å²) >= 11 is 1.14. The third-order valence-electron chi connectivity index (χ3n) is 3.12. The third kappa shape index (κ3) is 3.23. The Morgan fingerprint density at radius 1 is 1.43 bits per heavy atom. The van der Waals surface area contributed by atoms with E-state index in [4.69, 9.17) is 9.47 Å². The first-order valence-electron chi connectivity index (χ1n) is 6.75. The first-order chi connectivity index (χ1) is 10.1. The van der Waals surface area contributed by atoms with Gasteiger partial charge in [0, 0.05) is 25.9 Å². The summed E-state index contributed by atoms with van der Waals surface area (Å²) in [6, 6.07) is -0.239. The van der Waals surface area contributed by atoms with Gasteiger partial charge in [0.2, 0.25) is 5.13 Å². The number of anilines is 1. The maximum Gasteiger partial charge on any atom is 0.329 e. The van der Waals surface area contributed by atoms with E-state index in [-0.39, 0.29) is 18.4 Å². The molecule has 0 spiro atoms. The van der Waals surface area contributed by atoms with E-state index in [0.29, 0.717) is 29.8 Å². The molecule has 1 aromatic rings. The molecule has 0 aromatic carbocycles. The Morgan fingerprint density at radius 2 is 2.19 bits per heavy atom. The zero-order valence-electron chi connectivity index (χ0n) is 12.2. The van der Waals surface area contributed by atoms with Gasteiger partial charge in [-0.1, -0.05) is 12.0 Å². The Morgan fingerprint density at radius 3 is 2.76 bits per heavy atom. The van der Waals surface area contributed by atoms with Crippen LogP contribution in [0.1, 0.15) is 26.7 Å². The smallest absolute Gasteiger partial charge is 0.329 e. The quantitative estimate of drug-likeness (QED) is 0.765. The minimum Gasteiger partial charge on any atom is -0.472 e. The van der Waals surface area contributed by atoms with E-state index in [0.717, 1.165) is 11.3 Å². The van der Waals surface area contributed by atoms with E-state index in [1.807, 2.05) is 6.92 Å². The number of methoxy groups -OCH3 is 1. The number of esters is 1. The van der Waals surface area contributed by atoms with Crippen molar-refractivity contribution in [3.05, 3.63) is 0 Å². The molecule has 0 N–H and O–H groups in total. The summed E-state index contributed by atoms with van der Waals surface area (Å²) in [5, 5.41) is 8.48. The highest BCUT2D eigenvalue weighted by Gasteiger charge is 2.38. The van der Waals surface area contributed by atoms with Crippen LogP contribution in [0.2, 0.25) is 0 Å². The number of nitrogens with zero attached hydrogens (tertiary/aromatic N) is 4. The van der Waals surface area contributed by atoms with Gasteiger partial charge in [-0.2, -0.15) is 0 Å². The van der Waals surface area contributed by atoms with Crippen LogP contribution in [0.3, 0.4) is 0 Å². The largest absolute Gasteiger partial charge is 0.472 e. The van der Waals surface area contributed by atoms with Gasteiger partial charge >= 0.3 is 12.0 Å². The number of carbonyl (C=O) groups is 2. The monoisotopic (exact) mass is 314 g/mol. The Hall–Kier alpha value is -1.90. The minimum atomic E-state index is -0.648. The molecule has 8 nitrogen and oxygen atoms in total. The fraction of sp³-hybridized carbons (Fsp3) is 0.667. The molecule has 1 aliphatic heterocycles. The van der Waals surface area contributed by atoms with Gasteiger partial charge in [-0.25, -0.2) is 9.69 Å². The van der Waals surface area contributed by atoms with Gasteiger partial charge in [0.1, 0.15) is 0 Å². The molecule has 9 heteroatoms. The van der Waals surface area contributed by atoms with Gasteiger partial charge in [0.05, 0.1) is 7.11 Å². The second kappa shape index (κ2) is 6.70. The summed E-state index contributed by atoms with van der Waals surface area (Å²) in [6.07, 6.45) is 0.147. The van der Waals surface area contributed by atoms with E-state index in [9.17, 15) is 9.59 Å². The number of rotatable bonds is 5. The van der Waals surface area contributed by atoms with Crippen LogP contribution in [-0.2, 0) is 9.53 Å². The Labute approximate surface area is 126 Å². The van der Waals surface area contributed by atoms with E-state index < -0.39 is 6.23 Å². The molecule has 2 amide bonds. The number of aromatic nitrogens is 2. The van der Waals surface area contributed by atoms with Crippen molar-refractivity contribution in [1.82, 2.24) is 15.1 Å². The van der Waals surface area contributed by atoms with Crippen LogP contribution < -0.4 is 9.64 Å². The molecule has 0 bridgehead atoms. The van der Waals surface area contributed by atoms with Crippen LogP contribution in [0.5, 0.6) is 5.19 Å². The van der Waals surface area contributed by atoms with Crippen LogP contribution in [0.25, 0.3) is 0 Å². The molecule has 1 fully saturated rings. The molecule has 0 saturated carbocycles. The highest BCUT2D eigenvalue weighted by atomic mass is 32.1. The highest BCUT2D eigenvalue weighted by Crippen LogP contribution is 2.31. The van der Waals surface area contributed by atoms with Crippen LogP contribution in [-0.4, -0.2) is 53.5 Å². The number of hydrogen-bond acceptors (Lipinski definition) is 7. The molecule has 1 aromatic heterocycles. The zero-order valence-corrected chi connectivity index (χ0v) is 13.1. The number of amides is 2. The van der Waals surface area contributed by atoms with E-state index in [1.54, 1.807) is 11.8 Å². The van der Waals surface area contributed by atoms with Gasteiger partial charge in [-0.05, 0) is 18.3 Å². The number of urea groups is 1. The summed E-state index contributed by atoms with van der Waals surface area (Å²) in [6.45, 7) is 4.74. The van der Waals surface area contributed by atoms with Gasteiger partial charge in [0.15, 0.2) is 6.23 Å². The lowest BCUT2D eigenvalue weighted by Crippen LogP contribution is -2.56. The van der Waals surface area contributed by atoms with Crippen molar-refractivity contribution in [2.24, 2.45) is 0 Å². The molecule has 0 radical (unpaired) electrons. The molecule has 1 unspecified atom stereocenters. The molecule has 116 valence electrons. The van der Waals surface area contributed by atoms with Crippen molar-refractivity contribution >= 4 is 28.5 Å². The maximum absolute atomic E-state index is 12.5. The van der Waals surface area contributed by atoms with Crippen molar-refractivity contribution in [2.75, 3.05) is 25.1 Å². The molecule has 2 heterocycles. The van der Waals surface area contributed by atoms with Crippen molar-refractivity contribution in [2.45, 2.75) is 32.9 Å². The summed E-state index contributed by atoms with van der Waals surface area (Å²) in [5.74, 6) is -0.348. The number of ether oxygens (including phenoxy) is 2. The molecule has 0 aliphatic carbocycles. The summed E-state index contributed by atoms with van der Waals surface area (Å²) in [7, 11) is 1.48. The standard InChI is InChI=1S/C12H18N4O4S/c1-4-9(17)20-8-6-7-15(5-2)12(18)16(8)10-13-14-11(19-3)21-10/h8H,4-7H2,1-3H3. The van der Waals surface area contributed by atoms with Gasteiger partial charge in [0.25, 0.3) is 5.19 Å².